The summed E-state index contributed by atoms with van der Waals surface area (Å²) < 4.78 is 0. The number of hydrogen-bond acceptors (Lipinski definition) is 4. The predicted molar refractivity (Wildman–Crippen MR) is 84.6 cm³/mol. The van der Waals surface area contributed by atoms with E-state index in [-0.39, 0.29) is 0 Å². The van der Waals surface area contributed by atoms with Crippen LogP contribution in [0.5, 0.6) is 0 Å². The van der Waals surface area contributed by atoms with Crippen molar-refractivity contribution in [1.82, 2.24) is 9.97 Å². The molecule has 0 aliphatic heterocycles. The van der Waals surface area contributed by atoms with Crippen molar-refractivity contribution < 1.29 is 0 Å². The fourth-order valence-corrected chi connectivity index (χ4v) is 1.99. The van der Waals surface area contributed by atoms with Crippen LogP contribution in [0.1, 0.15) is 18.3 Å². The zero-order valence-electron chi connectivity index (χ0n) is 11.8. The Labute approximate surface area is 124 Å². The van der Waals surface area contributed by atoms with Gasteiger partial charge in [-0.1, -0.05) is 30.7 Å². The lowest BCUT2D eigenvalue weighted by Crippen LogP contribution is -2.09. The molecule has 4 nitrogen and oxygen atoms in total. The van der Waals surface area contributed by atoms with E-state index in [1.54, 1.807) is 0 Å². The Bertz CT molecular complexity index is 532. The van der Waals surface area contributed by atoms with Gasteiger partial charge in [-0.2, -0.15) is 0 Å². The second-order valence-electron chi connectivity index (χ2n) is 4.46. The Balaban J connectivity index is 1.94. The Morgan fingerprint density at radius 2 is 1.80 bits per heavy atom. The molecule has 0 amide bonds. The van der Waals surface area contributed by atoms with Crippen molar-refractivity contribution >= 4 is 23.2 Å². The maximum absolute atomic E-state index is 5.87. The lowest BCUT2D eigenvalue weighted by molar-refractivity contribution is 0.927. The second-order valence-corrected chi connectivity index (χ2v) is 4.90. The summed E-state index contributed by atoms with van der Waals surface area (Å²) in [6.45, 7) is 2.87. The molecular formula is C15H19ClN4. The van der Waals surface area contributed by atoms with E-state index in [2.05, 4.69) is 20.6 Å². The SMILES string of the molecule is CCc1nc(NC)cc(NCCc2ccc(Cl)cc2)n1. The van der Waals surface area contributed by atoms with Crippen molar-refractivity contribution in [2.45, 2.75) is 19.8 Å². The van der Waals surface area contributed by atoms with Crippen molar-refractivity contribution in [2.24, 2.45) is 0 Å². The first-order valence-electron chi connectivity index (χ1n) is 6.75. The summed E-state index contributed by atoms with van der Waals surface area (Å²) in [5, 5.41) is 7.15. The summed E-state index contributed by atoms with van der Waals surface area (Å²) in [5.74, 6) is 2.53. The summed E-state index contributed by atoms with van der Waals surface area (Å²) in [4.78, 5) is 8.83. The van der Waals surface area contributed by atoms with Crippen LogP contribution in [0.15, 0.2) is 30.3 Å². The van der Waals surface area contributed by atoms with Gasteiger partial charge >= 0.3 is 0 Å². The lowest BCUT2D eigenvalue weighted by atomic mass is 10.1. The molecule has 1 heterocycles. The third-order valence-electron chi connectivity index (χ3n) is 2.98. The van der Waals surface area contributed by atoms with Crippen LogP contribution >= 0.6 is 11.6 Å². The molecule has 0 unspecified atom stereocenters. The molecule has 0 aliphatic rings. The summed E-state index contributed by atoms with van der Waals surface area (Å²) >= 11 is 5.87. The average molecular weight is 291 g/mol. The van der Waals surface area contributed by atoms with Crippen LogP contribution < -0.4 is 10.6 Å². The molecule has 1 aromatic carbocycles. The maximum Gasteiger partial charge on any atom is 0.132 e. The van der Waals surface area contributed by atoms with Gasteiger partial charge in [0.1, 0.15) is 17.5 Å². The first-order valence-corrected chi connectivity index (χ1v) is 7.13. The molecule has 2 N–H and O–H groups in total. The van der Waals surface area contributed by atoms with Gasteiger partial charge < -0.3 is 10.6 Å². The number of halogens is 1. The molecule has 0 saturated heterocycles. The van der Waals surface area contributed by atoms with Crippen molar-refractivity contribution in [1.29, 1.82) is 0 Å². The topological polar surface area (TPSA) is 49.8 Å². The number of aryl methyl sites for hydroxylation is 1. The Kier molecular flexibility index (Phi) is 5.18. The summed E-state index contributed by atoms with van der Waals surface area (Å²) in [6, 6.07) is 9.83. The normalized spacial score (nSPS) is 10.3. The highest BCUT2D eigenvalue weighted by molar-refractivity contribution is 6.30. The molecule has 0 fully saturated rings. The van der Waals surface area contributed by atoms with Crippen LogP contribution in [0.25, 0.3) is 0 Å². The van der Waals surface area contributed by atoms with Gasteiger partial charge in [-0.05, 0) is 24.1 Å². The van der Waals surface area contributed by atoms with Crippen molar-refractivity contribution in [3.05, 3.63) is 46.7 Å². The smallest absolute Gasteiger partial charge is 0.132 e. The monoisotopic (exact) mass is 290 g/mol. The van der Waals surface area contributed by atoms with E-state index in [1.807, 2.05) is 44.3 Å². The Morgan fingerprint density at radius 3 is 2.45 bits per heavy atom. The summed E-state index contributed by atoms with van der Waals surface area (Å²) in [7, 11) is 1.86. The number of rotatable bonds is 6. The van der Waals surface area contributed by atoms with Crippen LogP contribution in [0, 0.1) is 0 Å². The zero-order valence-corrected chi connectivity index (χ0v) is 12.5. The van der Waals surface area contributed by atoms with Crippen LogP contribution in [0.4, 0.5) is 11.6 Å². The predicted octanol–water partition coefficient (Wildman–Crippen LogP) is 3.39. The van der Waals surface area contributed by atoms with E-state index < -0.39 is 0 Å². The highest BCUT2D eigenvalue weighted by Gasteiger charge is 2.02. The molecule has 2 aromatic rings. The first-order chi connectivity index (χ1) is 9.71. The molecule has 0 atom stereocenters. The van der Waals surface area contributed by atoms with Crippen LogP contribution in [-0.2, 0) is 12.8 Å². The molecule has 0 bridgehead atoms. The number of hydrogen-bond donors (Lipinski definition) is 2. The lowest BCUT2D eigenvalue weighted by Gasteiger charge is -2.09. The van der Waals surface area contributed by atoms with Gasteiger partial charge in [-0.3, -0.25) is 0 Å². The highest BCUT2D eigenvalue weighted by Crippen LogP contribution is 2.13. The molecule has 2 rings (SSSR count). The standard InChI is InChI=1S/C15H19ClN4/c1-3-13-19-14(17-2)10-15(20-13)18-9-8-11-4-6-12(16)7-5-11/h4-7,10H,3,8-9H2,1-2H3,(H2,17,18,19,20). The van der Waals surface area contributed by atoms with Gasteiger partial charge in [0.25, 0.3) is 0 Å². The van der Waals surface area contributed by atoms with Crippen LogP contribution in [0.3, 0.4) is 0 Å². The van der Waals surface area contributed by atoms with E-state index in [0.29, 0.717) is 0 Å². The molecule has 0 radical (unpaired) electrons. The van der Waals surface area contributed by atoms with E-state index >= 15 is 0 Å². The number of nitrogens with one attached hydrogen (secondary N) is 2. The quantitative estimate of drug-likeness (QED) is 0.856. The van der Waals surface area contributed by atoms with Gasteiger partial charge in [0.05, 0.1) is 0 Å². The van der Waals surface area contributed by atoms with E-state index in [9.17, 15) is 0 Å². The van der Waals surface area contributed by atoms with Gasteiger partial charge in [0, 0.05) is 31.1 Å². The molecule has 0 spiro atoms. The number of aromatic nitrogens is 2. The third kappa shape index (κ3) is 4.10. The van der Waals surface area contributed by atoms with Crippen LogP contribution in [0.2, 0.25) is 5.02 Å². The average Bonchev–Trinajstić information content (AvgIpc) is 2.49. The fourth-order valence-electron chi connectivity index (χ4n) is 1.86. The van der Waals surface area contributed by atoms with Gasteiger partial charge in [-0.15, -0.1) is 0 Å². The second kappa shape index (κ2) is 7.10. The molecule has 0 saturated carbocycles. The van der Waals surface area contributed by atoms with E-state index in [0.717, 1.165) is 41.9 Å². The van der Waals surface area contributed by atoms with E-state index in [1.165, 1.54) is 5.56 Å². The van der Waals surface area contributed by atoms with Gasteiger partial charge in [0.2, 0.25) is 0 Å². The molecular weight excluding hydrogens is 272 g/mol. The zero-order chi connectivity index (χ0) is 14.4. The molecule has 1 aromatic heterocycles. The number of benzene rings is 1. The minimum atomic E-state index is 0.767. The fraction of sp³-hybridized carbons (Fsp3) is 0.333. The number of nitrogens with zero attached hydrogens (tertiary/aromatic N) is 2. The maximum atomic E-state index is 5.87. The molecule has 20 heavy (non-hydrogen) atoms. The Morgan fingerprint density at radius 1 is 1.10 bits per heavy atom. The van der Waals surface area contributed by atoms with Crippen molar-refractivity contribution in [3.8, 4) is 0 Å². The molecule has 0 aliphatic carbocycles. The van der Waals surface area contributed by atoms with Crippen molar-refractivity contribution in [2.75, 3.05) is 24.2 Å². The number of anilines is 2. The molecule has 5 heteroatoms. The highest BCUT2D eigenvalue weighted by atomic mass is 35.5. The molecule has 106 valence electrons. The van der Waals surface area contributed by atoms with Gasteiger partial charge in [-0.25, -0.2) is 9.97 Å². The first kappa shape index (κ1) is 14.6. The van der Waals surface area contributed by atoms with Gasteiger partial charge in [0.15, 0.2) is 0 Å². The van der Waals surface area contributed by atoms with Crippen molar-refractivity contribution in [3.63, 3.8) is 0 Å². The Hall–Kier alpha value is -1.81. The summed E-state index contributed by atoms with van der Waals surface area (Å²) in [6.07, 6.45) is 1.75. The minimum absolute atomic E-state index is 0.767. The van der Waals surface area contributed by atoms with E-state index in [4.69, 9.17) is 11.6 Å². The van der Waals surface area contributed by atoms with Crippen LogP contribution in [-0.4, -0.2) is 23.6 Å². The third-order valence-corrected chi connectivity index (χ3v) is 3.23. The summed E-state index contributed by atoms with van der Waals surface area (Å²) in [5.41, 5.74) is 1.25. The largest absolute Gasteiger partial charge is 0.373 e. The minimum Gasteiger partial charge on any atom is -0.373 e.